The highest BCUT2D eigenvalue weighted by Gasteiger charge is 2.51. The Morgan fingerprint density at radius 1 is 1.30 bits per heavy atom. The molecule has 0 saturated carbocycles. The summed E-state index contributed by atoms with van der Waals surface area (Å²) in [6.45, 7) is 10.1. The summed E-state index contributed by atoms with van der Waals surface area (Å²) in [5, 5.41) is 12.2. The van der Waals surface area contributed by atoms with Crippen molar-refractivity contribution in [1.29, 1.82) is 0 Å². The molecule has 1 aromatic rings. The van der Waals surface area contributed by atoms with Gasteiger partial charge in [0.15, 0.2) is 0 Å². The van der Waals surface area contributed by atoms with Crippen molar-refractivity contribution in [3.8, 4) is 0 Å². The second kappa shape index (κ2) is 5.35. The predicted octanol–water partition coefficient (Wildman–Crippen LogP) is 1.17. The molecular weight excluding hydrogens is 255 g/mol. The van der Waals surface area contributed by atoms with Crippen LogP contribution in [0.25, 0.3) is 0 Å². The molecule has 0 bridgehead atoms. The first kappa shape index (κ1) is 15.3. The van der Waals surface area contributed by atoms with Gasteiger partial charge in [0.25, 0.3) is 0 Å². The zero-order valence-electron chi connectivity index (χ0n) is 12.8. The van der Waals surface area contributed by atoms with Gasteiger partial charge in [0.05, 0.1) is 17.8 Å². The van der Waals surface area contributed by atoms with Crippen LogP contribution in [-0.2, 0) is 9.31 Å². The average molecular weight is 278 g/mol. The van der Waals surface area contributed by atoms with Gasteiger partial charge in [-0.1, -0.05) is 0 Å². The molecule has 0 amide bonds. The molecule has 1 aromatic heterocycles. The highest BCUT2D eigenvalue weighted by atomic mass is 16.7. The second-order valence-corrected chi connectivity index (χ2v) is 6.29. The molecule has 0 aliphatic carbocycles. The fourth-order valence-electron chi connectivity index (χ4n) is 1.95. The van der Waals surface area contributed by atoms with Gasteiger partial charge < -0.3 is 19.7 Å². The van der Waals surface area contributed by atoms with Crippen molar-refractivity contribution in [2.24, 2.45) is 0 Å². The minimum Gasteiger partial charge on any atom is -0.399 e. The molecule has 2 heterocycles. The van der Waals surface area contributed by atoms with E-state index in [2.05, 4.69) is 10.3 Å². The molecule has 2 N–H and O–H groups in total. The SMILES string of the molecule is CC(CO)Nc1cc(B2OC(C)(C)C(C)(C)O2)ccn1. The number of aromatic nitrogens is 1. The van der Waals surface area contributed by atoms with E-state index in [4.69, 9.17) is 14.4 Å². The number of pyridine rings is 1. The number of hydrogen-bond acceptors (Lipinski definition) is 5. The van der Waals surface area contributed by atoms with Gasteiger partial charge in [-0.2, -0.15) is 0 Å². The first-order valence-corrected chi connectivity index (χ1v) is 6.94. The number of hydrogen-bond donors (Lipinski definition) is 2. The summed E-state index contributed by atoms with van der Waals surface area (Å²) in [5.74, 6) is 0.707. The predicted molar refractivity (Wildman–Crippen MR) is 80.1 cm³/mol. The highest BCUT2D eigenvalue weighted by Crippen LogP contribution is 2.36. The normalized spacial score (nSPS) is 21.8. The van der Waals surface area contributed by atoms with Crippen LogP contribution in [0.3, 0.4) is 0 Å². The van der Waals surface area contributed by atoms with Gasteiger partial charge in [0, 0.05) is 12.2 Å². The molecule has 5 nitrogen and oxygen atoms in total. The molecule has 1 saturated heterocycles. The Kier molecular flexibility index (Phi) is 4.09. The van der Waals surface area contributed by atoms with Crippen LogP contribution in [0, 0.1) is 0 Å². The van der Waals surface area contributed by atoms with Gasteiger partial charge in [-0.05, 0) is 52.2 Å². The Hall–Kier alpha value is -1.11. The van der Waals surface area contributed by atoms with Crippen molar-refractivity contribution in [3.05, 3.63) is 18.3 Å². The molecule has 1 aliphatic heterocycles. The fraction of sp³-hybridized carbons (Fsp3) is 0.643. The van der Waals surface area contributed by atoms with Crippen LogP contribution in [0.4, 0.5) is 5.82 Å². The minimum absolute atomic E-state index is 0.0453. The van der Waals surface area contributed by atoms with Crippen molar-refractivity contribution in [2.75, 3.05) is 11.9 Å². The van der Waals surface area contributed by atoms with Gasteiger partial charge in [0.2, 0.25) is 0 Å². The lowest BCUT2D eigenvalue weighted by Gasteiger charge is -2.32. The minimum atomic E-state index is -0.395. The Morgan fingerprint density at radius 3 is 2.45 bits per heavy atom. The monoisotopic (exact) mass is 278 g/mol. The van der Waals surface area contributed by atoms with Gasteiger partial charge in [-0.3, -0.25) is 0 Å². The third kappa shape index (κ3) is 2.97. The Bertz CT molecular complexity index is 463. The van der Waals surface area contributed by atoms with Crippen LogP contribution in [-0.4, -0.2) is 41.1 Å². The summed E-state index contributed by atoms with van der Waals surface area (Å²) in [6, 6.07) is 3.74. The van der Waals surface area contributed by atoms with Gasteiger partial charge in [-0.15, -0.1) is 0 Å². The van der Waals surface area contributed by atoms with Crippen molar-refractivity contribution >= 4 is 18.4 Å². The van der Waals surface area contributed by atoms with Crippen LogP contribution in [0.5, 0.6) is 0 Å². The smallest absolute Gasteiger partial charge is 0.399 e. The fourth-order valence-corrected chi connectivity index (χ4v) is 1.95. The lowest BCUT2D eigenvalue weighted by Crippen LogP contribution is -2.41. The zero-order chi connectivity index (χ0) is 15.0. The number of nitrogens with one attached hydrogen (secondary N) is 1. The number of rotatable bonds is 4. The van der Waals surface area contributed by atoms with Gasteiger partial charge >= 0.3 is 7.12 Å². The molecule has 110 valence electrons. The van der Waals surface area contributed by atoms with E-state index in [1.165, 1.54) is 0 Å². The van der Waals surface area contributed by atoms with E-state index in [-0.39, 0.29) is 23.9 Å². The molecule has 6 heteroatoms. The van der Waals surface area contributed by atoms with Gasteiger partial charge in [0.1, 0.15) is 5.82 Å². The molecular formula is C14H23BN2O3. The lowest BCUT2D eigenvalue weighted by molar-refractivity contribution is 0.00578. The van der Waals surface area contributed by atoms with Crippen LogP contribution >= 0.6 is 0 Å². The first-order chi connectivity index (χ1) is 9.25. The number of nitrogens with zero attached hydrogens (tertiary/aromatic N) is 1. The summed E-state index contributed by atoms with van der Waals surface area (Å²) >= 11 is 0. The molecule has 1 unspecified atom stereocenters. The molecule has 0 radical (unpaired) electrons. The summed E-state index contributed by atoms with van der Waals surface area (Å²) in [4.78, 5) is 4.24. The van der Waals surface area contributed by atoms with Crippen LogP contribution in [0.2, 0.25) is 0 Å². The largest absolute Gasteiger partial charge is 0.495 e. The quantitative estimate of drug-likeness (QED) is 0.810. The zero-order valence-corrected chi connectivity index (χ0v) is 12.8. The van der Waals surface area contributed by atoms with Crippen LogP contribution in [0.15, 0.2) is 18.3 Å². The number of aliphatic hydroxyl groups is 1. The number of anilines is 1. The first-order valence-electron chi connectivity index (χ1n) is 6.94. The van der Waals surface area contributed by atoms with E-state index in [0.29, 0.717) is 5.82 Å². The van der Waals surface area contributed by atoms with Crippen LogP contribution in [0.1, 0.15) is 34.6 Å². The number of aliphatic hydroxyl groups excluding tert-OH is 1. The maximum Gasteiger partial charge on any atom is 0.495 e. The van der Waals surface area contributed by atoms with E-state index < -0.39 is 7.12 Å². The third-order valence-corrected chi connectivity index (χ3v) is 3.98. The lowest BCUT2D eigenvalue weighted by atomic mass is 9.80. The van der Waals surface area contributed by atoms with Crippen molar-refractivity contribution < 1.29 is 14.4 Å². The van der Waals surface area contributed by atoms with E-state index in [1.54, 1.807) is 6.20 Å². The van der Waals surface area contributed by atoms with Crippen molar-refractivity contribution in [2.45, 2.75) is 51.9 Å². The van der Waals surface area contributed by atoms with E-state index in [1.807, 2.05) is 46.8 Å². The third-order valence-electron chi connectivity index (χ3n) is 3.98. The molecule has 0 spiro atoms. The van der Waals surface area contributed by atoms with E-state index in [0.717, 1.165) is 5.46 Å². The van der Waals surface area contributed by atoms with Gasteiger partial charge in [-0.25, -0.2) is 4.98 Å². The van der Waals surface area contributed by atoms with Crippen molar-refractivity contribution in [3.63, 3.8) is 0 Å². The maximum absolute atomic E-state index is 9.07. The van der Waals surface area contributed by atoms with Crippen molar-refractivity contribution in [1.82, 2.24) is 4.98 Å². The van der Waals surface area contributed by atoms with Crippen LogP contribution < -0.4 is 10.8 Å². The molecule has 1 atom stereocenters. The standard InChI is InChI=1S/C14H23BN2O3/c1-10(9-18)17-12-8-11(6-7-16-12)15-19-13(2,3)14(4,5)20-15/h6-8,10,18H,9H2,1-5H3,(H,16,17). The Morgan fingerprint density at radius 2 is 1.90 bits per heavy atom. The topological polar surface area (TPSA) is 63.6 Å². The average Bonchev–Trinajstić information content (AvgIpc) is 2.59. The highest BCUT2D eigenvalue weighted by molar-refractivity contribution is 6.62. The molecule has 0 aromatic carbocycles. The summed E-state index contributed by atoms with van der Waals surface area (Å²) in [7, 11) is -0.395. The molecule has 1 fully saturated rings. The maximum atomic E-state index is 9.07. The Labute approximate surface area is 120 Å². The summed E-state index contributed by atoms with van der Waals surface area (Å²) in [6.07, 6.45) is 1.72. The molecule has 20 heavy (non-hydrogen) atoms. The molecule has 2 rings (SSSR count). The molecule has 1 aliphatic rings. The Balaban J connectivity index is 2.17. The summed E-state index contributed by atoms with van der Waals surface area (Å²) < 4.78 is 12.0. The van der Waals surface area contributed by atoms with E-state index in [9.17, 15) is 0 Å². The van der Waals surface area contributed by atoms with E-state index >= 15 is 0 Å². The summed E-state index contributed by atoms with van der Waals surface area (Å²) in [5.41, 5.74) is 0.214. The second-order valence-electron chi connectivity index (χ2n) is 6.29.